The Balaban J connectivity index is 3.19. The Morgan fingerprint density at radius 2 is 2.14 bits per heavy atom. The van der Waals surface area contributed by atoms with Gasteiger partial charge in [-0.1, -0.05) is 5.57 Å². The van der Waals surface area contributed by atoms with Crippen molar-refractivity contribution in [2.45, 2.75) is 26.4 Å². The van der Waals surface area contributed by atoms with E-state index in [4.69, 9.17) is 9.47 Å². The zero-order valence-corrected chi connectivity index (χ0v) is 9.64. The second-order valence-corrected chi connectivity index (χ2v) is 3.59. The molecule has 0 radical (unpaired) electrons. The van der Waals surface area contributed by atoms with Crippen LogP contribution in [0.25, 0.3) is 0 Å². The van der Waals surface area contributed by atoms with Gasteiger partial charge in [-0.3, -0.25) is 0 Å². The third kappa shape index (κ3) is 9.71. The summed E-state index contributed by atoms with van der Waals surface area (Å²) in [6, 6.07) is 0. The maximum Gasteiger partial charge on any atom is 0.0671 e. The van der Waals surface area contributed by atoms with Gasteiger partial charge in [0.1, 0.15) is 0 Å². The Bertz CT molecular complexity index is 148. The van der Waals surface area contributed by atoms with Crippen LogP contribution < -0.4 is 5.32 Å². The van der Waals surface area contributed by atoms with Crippen molar-refractivity contribution in [1.82, 2.24) is 5.32 Å². The Morgan fingerprint density at radius 1 is 1.43 bits per heavy atom. The molecule has 0 aromatic heterocycles. The molecule has 3 nitrogen and oxygen atoms in total. The lowest BCUT2D eigenvalue weighted by molar-refractivity contribution is 0.0668. The van der Waals surface area contributed by atoms with Crippen molar-refractivity contribution < 1.29 is 9.47 Å². The van der Waals surface area contributed by atoms with Crippen LogP contribution in [0, 0.1) is 0 Å². The predicted molar refractivity (Wildman–Crippen MR) is 59.6 cm³/mol. The fourth-order valence-corrected chi connectivity index (χ4v) is 0.973. The van der Waals surface area contributed by atoms with Crippen molar-refractivity contribution >= 4 is 0 Å². The van der Waals surface area contributed by atoms with Crippen LogP contribution in [0.1, 0.15) is 20.3 Å². The SMILES string of the molecule is C=C(C)CCOC(C)CNCCOC. The Kier molecular flexibility index (Phi) is 8.94. The quantitative estimate of drug-likeness (QED) is 0.454. The highest BCUT2D eigenvalue weighted by atomic mass is 16.5. The van der Waals surface area contributed by atoms with Crippen LogP contribution in [0.15, 0.2) is 12.2 Å². The summed E-state index contributed by atoms with van der Waals surface area (Å²) in [6.07, 6.45) is 1.20. The van der Waals surface area contributed by atoms with E-state index in [-0.39, 0.29) is 6.10 Å². The van der Waals surface area contributed by atoms with Gasteiger partial charge in [0.2, 0.25) is 0 Å². The van der Waals surface area contributed by atoms with Crippen LogP contribution in [-0.2, 0) is 9.47 Å². The minimum atomic E-state index is 0.256. The molecular formula is C11H23NO2. The van der Waals surface area contributed by atoms with Gasteiger partial charge in [0, 0.05) is 20.2 Å². The summed E-state index contributed by atoms with van der Waals surface area (Å²) in [6.45, 7) is 11.2. The smallest absolute Gasteiger partial charge is 0.0671 e. The summed E-state index contributed by atoms with van der Waals surface area (Å²) < 4.78 is 10.5. The number of nitrogens with one attached hydrogen (secondary N) is 1. The van der Waals surface area contributed by atoms with Gasteiger partial charge in [-0.15, -0.1) is 6.58 Å². The minimum Gasteiger partial charge on any atom is -0.383 e. The van der Waals surface area contributed by atoms with E-state index < -0.39 is 0 Å². The molecule has 1 unspecified atom stereocenters. The zero-order chi connectivity index (χ0) is 10.8. The highest BCUT2D eigenvalue weighted by Gasteiger charge is 2.00. The average molecular weight is 201 g/mol. The molecule has 0 fully saturated rings. The number of rotatable bonds is 9. The van der Waals surface area contributed by atoms with Gasteiger partial charge in [0.25, 0.3) is 0 Å². The molecule has 0 spiro atoms. The average Bonchev–Trinajstić information content (AvgIpc) is 2.12. The first-order chi connectivity index (χ1) is 6.66. The van der Waals surface area contributed by atoms with E-state index >= 15 is 0 Å². The number of methoxy groups -OCH3 is 1. The molecule has 0 aliphatic carbocycles. The topological polar surface area (TPSA) is 30.5 Å². The van der Waals surface area contributed by atoms with Gasteiger partial charge in [0.05, 0.1) is 19.3 Å². The van der Waals surface area contributed by atoms with Crippen LogP contribution in [0.3, 0.4) is 0 Å². The van der Waals surface area contributed by atoms with E-state index in [9.17, 15) is 0 Å². The maximum atomic E-state index is 5.57. The van der Waals surface area contributed by atoms with E-state index in [2.05, 4.69) is 18.8 Å². The van der Waals surface area contributed by atoms with E-state index in [0.717, 1.165) is 32.7 Å². The van der Waals surface area contributed by atoms with E-state index in [0.29, 0.717) is 0 Å². The molecule has 0 aromatic rings. The molecule has 0 bridgehead atoms. The van der Waals surface area contributed by atoms with Gasteiger partial charge in [-0.05, 0) is 20.3 Å². The van der Waals surface area contributed by atoms with Crippen molar-refractivity contribution in [3.8, 4) is 0 Å². The standard InChI is InChI=1S/C11H23NO2/c1-10(2)5-7-14-11(3)9-12-6-8-13-4/h11-12H,1,5-9H2,2-4H3. The lowest BCUT2D eigenvalue weighted by Crippen LogP contribution is -2.29. The predicted octanol–water partition coefficient (Wildman–Crippen LogP) is 1.59. The molecule has 0 rings (SSSR count). The summed E-state index contributed by atoms with van der Waals surface area (Å²) in [4.78, 5) is 0. The molecule has 0 saturated heterocycles. The van der Waals surface area contributed by atoms with Crippen molar-refractivity contribution in [2.24, 2.45) is 0 Å². The normalized spacial score (nSPS) is 12.8. The van der Waals surface area contributed by atoms with Crippen LogP contribution in [0.4, 0.5) is 0 Å². The summed E-state index contributed by atoms with van der Waals surface area (Å²) in [5.41, 5.74) is 1.17. The highest BCUT2D eigenvalue weighted by molar-refractivity contribution is 4.87. The molecule has 0 amide bonds. The third-order valence-electron chi connectivity index (χ3n) is 1.85. The van der Waals surface area contributed by atoms with Gasteiger partial charge in [-0.25, -0.2) is 0 Å². The monoisotopic (exact) mass is 201 g/mol. The van der Waals surface area contributed by atoms with Crippen LogP contribution in [-0.4, -0.2) is 39.5 Å². The summed E-state index contributed by atoms with van der Waals surface area (Å²) >= 11 is 0. The first-order valence-electron chi connectivity index (χ1n) is 5.12. The lowest BCUT2D eigenvalue weighted by atomic mass is 10.2. The second kappa shape index (κ2) is 9.19. The largest absolute Gasteiger partial charge is 0.383 e. The van der Waals surface area contributed by atoms with Crippen LogP contribution in [0.5, 0.6) is 0 Å². The first kappa shape index (κ1) is 13.6. The van der Waals surface area contributed by atoms with Gasteiger partial charge in [0.15, 0.2) is 0 Å². The molecular weight excluding hydrogens is 178 g/mol. The molecule has 0 aliphatic heterocycles. The lowest BCUT2D eigenvalue weighted by Gasteiger charge is -2.13. The molecule has 1 atom stereocenters. The molecule has 84 valence electrons. The van der Waals surface area contributed by atoms with Crippen molar-refractivity contribution in [1.29, 1.82) is 0 Å². The summed E-state index contributed by atoms with van der Waals surface area (Å²) in [5.74, 6) is 0. The molecule has 14 heavy (non-hydrogen) atoms. The van der Waals surface area contributed by atoms with Crippen molar-refractivity contribution in [2.75, 3.05) is 33.4 Å². The summed E-state index contributed by atoms with van der Waals surface area (Å²) in [7, 11) is 1.70. The van der Waals surface area contributed by atoms with Crippen LogP contribution in [0.2, 0.25) is 0 Å². The van der Waals surface area contributed by atoms with E-state index in [1.165, 1.54) is 5.57 Å². The molecule has 3 heteroatoms. The third-order valence-corrected chi connectivity index (χ3v) is 1.85. The molecule has 1 N–H and O–H groups in total. The van der Waals surface area contributed by atoms with Gasteiger partial charge in [-0.2, -0.15) is 0 Å². The summed E-state index contributed by atoms with van der Waals surface area (Å²) in [5, 5.41) is 3.25. The minimum absolute atomic E-state index is 0.256. The van der Waals surface area contributed by atoms with Gasteiger partial charge < -0.3 is 14.8 Å². The van der Waals surface area contributed by atoms with E-state index in [1.54, 1.807) is 7.11 Å². The number of hydrogen-bond acceptors (Lipinski definition) is 3. The number of hydrogen-bond donors (Lipinski definition) is 1. The maximum absolute atomic E-state index is 5.57. The molecule has 0 heterocycles. The fourth-order valence-electron chi connectivity index (χ4n) is 0.973. The van der Waals surface area contributed by atoms with E-state index in [1.807, 2.05) is 6.92 Å². The molecule has 0 saturated carbocycles. The fraction of sp³-hybridized carbons (Fsp3) is 0.818. The second-order valence-electron chi connectivity index (χ2n) is 3.59. The Hall–Kier alpha value is -0.380. The Labute approximate surface area is 87.5 Å². The zero-order valence-electron chi connectivity index (χ0n) is 9.64. The van der Waals surface area contributed by atoms with Gasteiger partial charge >= 0.3 is 0 Å². The first-order valence-corrected chi connectivity index (χ1v) is 5.12. The van der Waals surface area contributed by atoms with Crippen molar-refractivity contribution in [3.63, 3.8) is 0 Å². The highest BCUT2D eigenvalue weighted by Crippen LogP contribution is 1.97. The van der Waals surface area contributed by atoms with Crippen LogP contribution >= 0.6 is 0 Å². The van der Waals surface area contributed by atoms with Crippen molar-refractivity contribution in [3.05, 3.63) is 12.2 Å². The Morgan fingerprint density at radius 3 is 2.71 bits per heavy atom. The molecule has 0 aromatic carbocycles. The number of ether oxygens (including phenoxy) is 2. The molecule has 0 aliphatic rings.